The van der Waals surface area contributed by atoms with E-state index in [9.17, 15) is 0 Å². The van der Waals surface area contributed by atoms with Gasteiger partial charge in [0, 0.05) is 18.0 Å². The second kappa shape index (κ2) is 6.28. The molecule has 102 valence electrons. The van der Waals surface area contributed by atoms with Crippen molar-refractivity contribution in [3.63, 3.8) is 0 Å². The van der Waals surface area contributed by atoms with Crippen molar-refractivity contribution in [1.82, 2.24) is 9.97 Å². The average Bonchev–Trinajstić information content (AvgIpc) is 2.49. The van der Waals surface area contributed by atoms with Gasteiger partial charge in [-0.2, -0.15) is 0 Å². The fourth-order valence-electron chi connectivity index (χ4n) is 1.51. The van der Waals surface area contributed by atoms with Gasteiger partial charge in [0.1, 0.15) is 11.5 Å². The Morgan fingerprint density at radius 3 is 2.25 bits per heavy atom. The van der Waals surface area contributed by atoms with E-state index in [4.69, 9.17) is 16.2 Å². The summed E-state index contributed by atoms with van der Waals surface area (Å²) in [6.07, 6.45) is 3.24. The van der Waals surface area contributed by atoms with Gasteiger partial charge in [0.15, 0.2) is 5.82 Å². The molecule has 4 N–H and O–H groups in total. The number of guanidine groups is 1. The fraction of sp³-hybridized carbons (Fsp3) is 0.0769. The van der Waals surface area contributed by atoms with Gasteiger partial charge in [-0.15, -0.1) is 10.2 Å². The molecule has 0 fully saturated rings. The molecule has 0 radical (unpaired) electrons. The van der Waals surface area contributed by atoms with Crippen LogP contribution in [0.3, 0.4) is 0 Å². The maximum Gasteiger partial charge on any atom is 0.211 e. The van der Waals surface area contributed by atoms with Crippen molar-refractivity contribution in [2.45, 2.75) is 0 Å². The summed E-state index contributed by atoms with van der Waals surface area (Å²) in [5, 5.41) is 7.68. The van der Waals surface area contributed by atoms with E-state index in [1.54, 1.807) is 25.6 Å². The zero-order valence-corrected chi connectivity index (χ0v) is 10.9. The maximum atomic E-state index is 5.30. The summed E-state index contributed by atoms with van der Waals surface area (Å²) in [6, 6.07) is 8.99. The molecule has 0 aliphatic heterocycles. The largest absolute Gasteiger partial charge is 0.497 e. The quantitative estimate of drug-likeness (QED) is 0.477. The zero-order valence-electron chi connectivity index (χ0n) is 10.9. The molecule has 7 heteroatoms. The SMILES string of the molecule is COc1ccc(/C(=N/N=C(N)N)c2ncccn2)cc1. The standard InChI is InChI=1S/C13H14N6O/c1-20-10-5-3-9(4-6-10)11(18-19-13(14)15)12-16-7-2-8-17-12/h2-8H,1H3,(H4,14,15,19)/b18-11-. The van der Waals surface area contributed by atoms with Crippen LogP contribution in [0.5, 0.6) is 5.75 Å². The maximum absolute atomic E-state index is 5.30. The van der Waals surface area contributed by atoms with E-state index in [0.29, 0.717) is 11.5 Å². The van der Waals surface area contributed by atoms with Gasteiger partial charge in [0.2, 0.25) is 5.96 Å². The van der Waals surface area contributed by atoms with Crippen LogP contribution in [0.15, 0.2) is 52.9 Å². The van der Waals surface area contributed by atoms with E-state index < -0.39 is 0 Å². The molecule has 20 heavy (non-hydrogen) atoms. The summed E-state index contributed by atoms with van der Waals surface area (Å²) >= 11 is 0. The molecule has 2 aromatic rings. The summed E-state index contributed by atoms with van der Waals surface area (Å²) in [6.45, 7) is 0. The van der Waals surface area contributed by atoms with Crippen molar-refractivity contribution in [3.8, 4) is 5.75 Å². The molecule has 0 aliphatic rings. The van der Waals surface area contributed by atoms with Crippen molar-refractivity contribution in [2.75, 3.05) is 7.11 Å². The highest BCUT2D eigenvalue weighted by Crippen LogP contribution is 2.14. The number of benzene rings is 1. The number of aromatic nitrogens is 2. The van der Waals surface area contributed by atoms with Crippen molar-refractivity contribution < 1.29 is 4.74 Å². The van der Waals surface area contributed by atoms with E-state index in [-0.39, 0.29) is 5.96 Å². The van der Waals surface area contributed by atoms with Crippen LogP contribution in [0.1, 0.15) is 11.4 Å². The minimum Gasteiger partial charge on any atom is -0.497 e. The fourth-order valence-corrected chi connectivity index (χ4v) is 1.51. The topological polar surface area (TPSA) is 112 Å². The summed E-state index contributed by atoms with van der Waals surface area (Å²) in [4.78, 5) is 8.30. The third kappa shape index (κ3) is 3.29. The molecule has 0 bridgehead atoms. The first-order valence-electron chi connectivity index (χ1n) is 5.79. The highest BCUT2D eigenvalue weighted by Gasteiger charge is 2.10. The van der Waals surface area contributed by atoms with Crippen LogP contribution in [-0.2, 0) is 0 Å². The average molecular weight is 270 g/mol. The molecule has 0 atom stereocenters. The Morgan fingerprint density at radius 2 is 1.70 bits per heavy atom. The predicted molar refractivity (Wildman–Crippen MR) is 76.5 cm³/mol. The molecule has 0 spiro atoms. The van der Waals surface area contributed by atoms with Gasteiger partial charge in [-0.3, -0.25) is 0 Å². The van der Waals surface area contributed by atoms with Gasteiger partial charge in [-0.25, -0.2) is 9.97 Å². The van der Waals surface area contributed by atoms with Crippen molar-refractivity contribution in [2.24, 2.45) is 21.7 Å². The Hall–Kier alpha value is -2.96. The summed E-state index contributed by atoms with van der Waals surface area (Å²) in [5.41, 5.74) is 11.9. The molecule has 0 aliphatic carbocycles. The molecular formula is C13H14N6O. The van der Waals surface area contributed by atoms with Crippen LogP contribution in [0.25, 0.3) is 0 Å². The normalized spacial score (nSPS) is 10.9. The van der Waals surface area contributed by atoms with Crippen molar-refractivity contribution >= 4 is 11.7 Å². The van der Waals surface area contributed by atoms with Crippen LogP contribution in [0.4, 0.5) is 0 Å². The lowest BCUT2D eigenvalue weighted by Crippen LogP contribution is -2.22. The molecule has 1 aromatic carbocycles. The third-order valence-electron chi connectivity index (χ3n) is 2.41. The van der Waals surface area contributed by atoms with E-state index in [1.807, 2.05) is 24.3 Å². The first-order valence-corrected chi connectivity index (χ1v) is 5.79. The first kappa shape index (κ1) is 13.5. The Bertz CT molecular complexity index is 617. The zero-order chi connectivity index (χ0) is 14.4. The number of nitrogens with two attached hydrogens (primary N) is 2. The van der Waals surface area contributed by atoms with E-state index in [1.165, 1.54) is 0 Å². The Kier molecular flexibility index (Phi) is 4.23. The number of hydrogen-bond acceptors (Lipinski definition) is 5. The Balaban J connectivity index is 2.46. The number of rotatable bonds is 4. The number of ether oxygens (including phenoxy) is 1. The van der Waals surface area contributed by atoms with Crippen LogP contribution >= 0.6 is 0 Å². The second-order valence-corrected chi connectivity index (χ2v) is 3.77. The lowest BCUT2D eigenvalue weighted by Gasteiger charge is -2.05. The molecule has 0 unspecified atom stereocenters. The highest BCUT2D eigenvalue weighted by atomic mass is 16.5. The first-order chi connectivity index (χ1) is 9.70. The minimum absolute atomic E-state index is 0.132. The summed E-state index contributed by atoms with van der Waals surface area (Å²) < 4.78 is 5.11. The molecule has 0 amide bonds. The van der Waals surface area contributed by atoms with E-state index in [2.05, 4.69) is 20.2 Å². The monoisotopic (exact) mass is 270 g/mol. The summed E-state index contributed by atoms with van der Waals surface area (Å²) in [7, 11) is 1.60. The molecule has 0 saturated carbocycles. The van der Waals surface area contributed by atoms with E-state index in [0.717, 1.165) is 11.3 Å². The van der Waals surface area contributed by atoms with Gasteiger partial charge < -0.3 is 16.2 Å². The smallest absolute Gasteiger partial charge is 0.211 e. The van der Waals surface area contributed by atoms with Gasteiger partial charge >= 0.3 is 0 Å². The van der Waals surface area contributed by atoms with Gasteiger partial charge in [0.05, 0.1) is 7.11 Å². The van der Waals surface area contributed by atoms with Crippen LogP contribution < -0.4 is 16.2 Å². The molecule has 2 rings (SSSR count). The van der Waals surface area contributed by atoms with Gasteiger partial charge in [-0.1, -0.05) is 0 Å². The number of nitrogens with zero attached hydrogens (tertiary/aromatic N) is 4. The van der Waals surface area contributed by atoms with Crippen molar-refractivity contribution in [1.29, 1.82) is 0 Å². The molecule has 7 nitrogen and oxygen atoms in total. The molecule has 1 heterocycles. The van der Waals surface area contributed by atoms with Crippen LogP contribution in [-0.4, -0.2) is 28.7 Å². The van der Waals surface area contributed by atoms with E-state index >= 15 is 0 Å². The molecule has 1 aromatic heterocycles. The summed E-state index contributed by atoms with van der Waals surface area (Å²) in [5.74, 6) is 1.04. The van der Waals surface area contributed by atoms with Crippen LogP contribution in [0.2, 0.25) is 0 Å². The number of hydrogen-bond donors (Lipinski definition) is 2. The lowest BCUT2D eigenvalue weighted by molar-refractivity contribution is 0.415. The third-order valence-corrected chi connectivity index (χ3v) is 2.41. The van der Waals surface area contributed by atoms with Gasteiger partial charge in [0.25, 0.3) is 0 Å². The van der Waals surface area contributed by atoms with Gasteiger partial charge in [-0.05, 0) is 30.3 Å². The lowest BCUT2D eigenvalue weighted by atomic mass is 10.1. The highest BCUT2D eigenvalue weighted by molar-refractivity contribution is 6.10. The Morgan fingerprint density at radius 1 is 1.05 bits per heavy atom. The minimum atomic E-state index is -0.132. The molecular weight excluding hydrogens is 256 g/mol. The second-order valence-electron chi connectivity index (χ2n) is 3.77. The van der Waals surface area contributed by atoms with Crippen molar-refractivity contribution in [3.05, 3.63) is 54.1 Å². The molecule has 0 saturated heterocycles. The number of methoxy groups -OCH3 is 1. The van der Waals surface area contributed by atoms with Crippen LogP contribution in [0, 0.1) is 0 Å². The predicted octanol–water partition coefficient (Wildman–Crippen LogP) is 0.511. The Labute approximate surface area is 116 Å².